The molecule has 15 heavy (non-hydrogen) atoms. The van der Waals surface area contributed by atoms with E-state index in [1.165, 1.54) is 12.1 Å². The highest BCUT2D eigenvalue weighted by Gasteiger charge is 2.06. The molecule has 0 unspecified atom stereocenters. The largest absolute Gasteiger partial charge is 0.251 e. The van der Waals surface area contributed by atoms with Gasteiger partial charge in [0, 0.05) is 4.91 Å². The lowest BCUT2D eigenvalue weighted by molar-refractivity contribution is 0.426. The number of alkyl halides is 1. The highest BCUT2D eigenvalue weighted by molar-refractivity contribution is 5.38. The monoisotopic (exact) mass is 208 g/mol. The van der Waals surface area contributed by atoms with Crippen molar-refractivity contribution in [3.05, 3.63) is 45.2 Å². The summed E-state index contributed by atoms with van der Waals surface area (Å²) in [5, 5.41) is 6.04. The zero-order valence-electron chi connectivity index (χ0n) is 7.88. The molecule has 0 N–H and O–H groups in total. The Morgan fingerprint density at radius 2 is 2.07 bits per heavy atom. The van der Waals surface area contributed by atoms with Gasteiger partial charge in [-0.1, -0.05) is 17.2 Å². The first-order valence-corrected chi connectivity index (χ1v) is 4.32. The number of halogens is 1. The van der Waals surface area contributed by atoms with Crippen LogP contribution in [0.1, 0.15) is 5.56 Å². The van der Waals surface area contributed by atoms with Crippen LogP contribution in [-0.4, -0.2) is 12.7 Å². The number of azide groups is 1. The van der Waals surface area contributed by atoms with Crippen molar-refractivity contribution in [1.29, 1.82) is 0 Å². The molecule has 6 heteroatoms. The van der Waals surface area contributed by atoms with E-state index < -0.39 is 12.7 Å². The second-order valence-electron chi connectivity index (χ2n) is 2.97. The molecule has 0 saturated carbocycles. The van der Waals surface area contributed by atoms with Crippen LogP contribution < -0.4 is 0 Å². The Hall–Kier alpha value is -1.94. The summed E-state index contributed by atoms with van der Waals surface area (Å²) in [6.45, 7) is -0.697. The van der Waals surface area contributed by atoms with Gasteiger partial charge in [-0.25, -0.2) is 0 Å². The smallest absolute Gasteiger partial charge is 0.108 e. The lowest BCUT2D eigenvalue weighted by atomic mass is 10.1. The van der Waals surface area contributed by atoms with Gasteiger partial charge in [-0.3, -0.25) is 4.39 Å². The van der Waals surface area contributed by atoms with Crippen LogP contribution in [0, 0.1) is 4.91 Å². The van der Waals surface area contributed by atoms with E-state index in [2.05, 4.69) is 15.2 Å². The molecule has 0 heterocycles. The van der Waals surface area contributed by atoms with Crippen LogP contribution in [0.3, 0.4) is 0 Å². The Morgan fingerprint density at radius 1 is 1.40 bits per heavy atom. The third-order valence-corrected chi connectivity index (χ3v) is 1.91. The fourth-order valence-corrected chi connectivity index (χ4v) is 1.16. The second kappa shape index (κ2) is 5.72. The summed E-state index contributed by atoms with van der Waals surface area (Å²) in [4.78, 5) is 12.7. The molecule has 1 aromatic rings. The molecule has 0 aromatic heterocycles. The quantitative estimate of drug-likeness (QED) is 0.316. The third kappa shape index (κ3) is 3.36. The van der Waals surface area contributed by atoms with E-state index in [1.807, 2.05) is 0 Å². The maximum absolute atomic E-state index is 12.3. The van der Waals surface area contributed by atoms with E-state index in [0.717, 1.165) is 5.56 Å². The van der Waals surface area contributed by atoms with Gasteiger partial charge >= 0.3 is 0 Å². The van der Waals surface area contributed by atoms with Crippen molar-refractivity contribution in [2.75, 3.05) is 6.67 Å². The second-order valence-corrected chi connectivity index (χ2v) is 2.97. The Kier molecular flexibility index (Phi) is 4.25. The van der Waals surface area contributed by atoms with Gasteiger partial charge in [0.25, 0.3) is 0 Å². The van der Waals surface area contributed by atoms with Crippen LogP contribution >= 0.6 is 0 Å². The maximum atomic E-state index is 12.3. The summed E-state index contributed by atoms with van der Waals surface area (Å²) >= 11 is 0. The van der Waals surface area contributed by atoms with Crippen molar-refractivity contribution in [2.45, 2.75) is 12.5 Å². The first-order valence-electron chi connectivity index (χ1n) is 4.32. The van der Waals surface area contributed by atoms with Crippen LogP contribution in [-0.2, 0) is 6.42 Å². The topological polar surface area (TPSA) is 78.2 Å². The van der Waals surface area contributed by atoms with Gasteiger partial charge in [-0.15, -0.1) is 4.91 Å². The predicted octanol–water partition coefficient (Wildman–Crippen LogP) is 3.28. The van der Waals surface area contributed by atoms with Crippen molar-refractivity contribution >= 4 is 5.69 Å². The average molecular weight is 208 g/mol. The molecule has 0 amide bonds. The van der Waals surface area contributed by atoms with E-state index >= 15 is 0 Å². The molecule has 0 aliphatic heterocycles. The molecule has 0 fully saturated rings. The Bertz CT molecular complexity index is 372. The van der Waals surface area contributed by atoms with E-state index in [-0.39, 0.29) is 0 Å². The van der Waals surface area contributed by atoms with E-state index in [9.17, 15) is 9.30 Å². The van der Waals surface area contributed by atoms with Crippen LogP contribution in [0.15, 0.2) is 34.6 Å². The van der Waals surface area contributed by atoms with Crippen LogP contribution in [0.5, 0.6) is 0 Å². The van der Waals surface area contributed by atoms with Crippen molar-refractivity contribution in [3.8, 4) is 0 Å². The zero-order chi connectivity index (χ0) is 11.1. The minimum absolute atomic E-state index is 0.319. The summed E-state index contributed by atoms with van der Waals surface area (Å²) in [7, 11) is 0. The van der Waals surface area contributed by atoms with Gasteiger partial charge in [0.15, 0.2) is 0 Å². The van der Waals surface area contributed by atoms with Crippen molar-refractivity contribution in [1.82, 2.24) is 0 Å². The molecule has 0 saturated heterocycles. The van der Waals surface area contributed by atoms with E-state index in [1.54, 1.807) is 12.1 Å². The molecule has 1 rings (SSSR count). The minimum Gasteiger partial charge on any atom is -0.251 e. The predicted molar refractivity (Wildman–Crippen MR) is 54.5 cm³/mol. The van der Waals surface area contributed by atoms with Gasteiger partial charge < -0.3 is 0 Å². The van der Waals surface area contributed by atoms with E-state index in [0.29, 0.717) is 12.1 Å². The zero-order valence-corrected chi connectivity index (χ0v) is 7.88. The molecule has 0 spiro atoms. The number of hydrogen-bond donors (Lipinski definition) is 0. The Morgan fingerprint density at radius 3 is 2.53 bits per heavy atom. The Labute approximate surface area is 85.5 Å². The number of hydrogen-bond acceptors (Lipinski definition) is 3. The number of nitrogens with zero attached hydrogens (tertiary/aromatic N) is 4. The Balaban J connectivity index is 2.70. The van der Waals surface area contributed by atoms with Crippen LogP contribution in [0.2, 0.25) is 0 Å². The number of benzene rings is 1. The molecule has 1 atom stereocenters. The van der Waals surface area contributed by atoms with Crippen molar-refractivity contribution in [3.63, 3.8) is 0 Å². The molecule has 0 bridgehead atoms. The molecular weight excluding hydrogens is 199 g/mol. The molecular formula is C9H9FN4O. The number of rotatable bonds is 5. The lowest BCUT2D eigenvalue weighted by Gasteiger charge is -2.05. The number of nitroso groups, excluding NO2 is 1. The molecule has 0 radical (unpaired) electrons. The average Bonchev–Trinajstić information content (AvgIpc) is 2.29. The third-order valence-electron chi connectivity index (χ3n) is 1.91. The SMILES string of the molecule is [N-]=[N+]=N[C@H](CF)Cc1ccc(N=O)cc1. The van der Waals surface area contributed by atoms with E-state index in [4.69, 9.17) is 5.53 Å². The first-order chi connectivity index (χ1) is 7.30. The minimum atomic E-state index is -0.697. The van der Waals surface area contributed by atoms with Gasteiger partial charge in [0.2, 0.25) is 0 Å². The van der Waals surface area contributed by atoms with Gasteiger partial charge in [0.1, 0.15) is 5.69 Å². The molecule has 0 aliphatic carbocycles. The molecule has 0 aliphatic rings. The van der Waals surface area contributed by atoms with Gasteiger partial charge in [0.05, 0.1) is 12.7 Å². The summed E-state index contributed by atoms with van der Waals surface area (Å²) < 4.78 is 12.3. The first kappa shape index (κ1) is 11.1. The molecule has 78 valence electrons. The van der Waals surface area contributed by atoms with Crippen LogP contribution in [0.4, 0.5) is 10.1 Å². The lowest BCUT2D eigenvalue weighted by Crippen LogP contribution is -2.09. The fourth-order valence-electron chi connectivity index (χ4n) is 1.16. The van der Waals surface area contributed by atoms with Gasteiger partial charge in [-0.05, 0) is 34.8 Å². The van der Waals surface area contributed by atoms with Crippen LogP contribution in [0.25, 0.3) is 10.4 Å². The van der Waals surface area contributed by atoms with Crippen molar-refractivity contribution in [2.24, 2.45) is 10.3 Å². The normalized spacial score (nSPS) is 11.5. The molecule has 1 aromatic carbocycles. The van der Waals surface area contributed by atoms with Gasteiger partial charge in [-0.2, -0.15) is 0 Å². The maximum Gasteiger partial charge on any atom is 0.108 e. The highest BCUT2D eigenvalue weighted by Crippen LogP contribution is 2.14. The van der Waals surface area contributed by atoms with Crippen molar-refractivity contribution < 1.29 is 4.39 Å². The fraction of sp³-hybridized carbons (Fsp3) is 0.333. The summed E-state index contributed by atoms with van der Waals surface area (Å²) in [5.41, 5.74) is 9.29. The highest BCUT2D eigenvalue weighted by atomic mass is 19.1. The summed E-state index contributed by atoms with van der Waals surface area (Å²) in [6, 6.07) is 5.70. The molecule has 5 nitrogen and oxygen atoms in total. The summed E-state index contributed by atoms with van der Waals surface area (Å²) in [5.74, 6) is 0. The standard InChI is InChI=1S/C9H9FN4O/c10-6-9(12-14-11)5-7-1-3-8(13-15)4-2-7/h1-4,9H,5-6H2/t9-/m0/s1. The summed E-state index contributed by atoms with van der Waals surface area (Å²) in [6.07, 6.45) is 0.319.